The first-order chi connectivity index (χ1) is 17.5. The zero-order valence-corrected chi connectivity index (χ0v) is 20.8. The first kappa shape index (κ1) is 23.6. The third kappa shape index (κ3) is 4.70. The maximum Gasteiger partial charge on any atom is 0.262 e. The van der Waals surface area contributed by atoms with Crippen molar-refractivity contribution >= 4 is 40.0 Å². The summed E-state index contributed by atoms with van der Waals surface area (Å²) in [5.41, 5.74) is 2.35. The third-order valence-corrected chi connectivity index (χ3v) is 6.60. The molecule has 182 valence electrons. The van der Waals surface area contributed by atoms with Crippen molar-refractivity contribution in [3.63, 3.8) is 0 Å². The minimum Gasteiger partial charge on any atom is -0.455 e. The van der Waals surface area contributed by atoms with Gasteiger partial charge in [-0.25, -0.2) is 0 Å². The van der Waals surface area contributed by atoms with E-state index in [1.807, 2.05) is 78.9 Å². The van der Waals surface area contributed by atoms with E-state index < -0.39 is 0 Å². The van der Waals surface area contributed by atoms with E-state index in [4.69, 9.17) is 4.74 Å². The van der Waals surface area contributed by atoms with Gasteiger partial charge >= 0.3 is 0 Å². The van der Waals surface area contributed by atoms with Crippen molar-refractivity contribution in [2.24, 2.45) is 0 Å². The van der Waals surface area contributed by atoms with Crippen LogP contribution in [-0.2, 0) is 11.3 Å². The minimum atomic E-state index is -0.206. The first-order valence-electron chi connectivity index (χ1n) is 11.7. The number of aryl methyl sites for hydroxylation is 2. The van der Waals surface area contributed by atoms with Gasteiger partial charge in [0.2, 0.25) is 11.7 Å². The van der Waals surface area contributed by atoms with E-state index >= 15 is 0 Å². The fourth-order valence-corrected chi connectivity index (χ4v) is 4.70. The van der Waals surface area contributed by atoms with Gasteiger partial charge in [0.1, 0.15) is 5.75 Å². The Labute approximate surface area is 211 Å². The lowest BCUT2D eigenvalue weighted by Gasteiger charge is -2.12. The van der Waals surface area contributed by atoms with E-state index in [9.17, 15) is 9.59 Å². The molecule has 1 amide bonds. The highest BCUT2D eigenvalue weighted by Gasteiger charge is 2.17. The van der Waals surface area contributed by atoms with E-state index in [0.717, 1.165) is 17.5 Å². The molecule has 3 aromatic carbocycles. The highest BCUT2D eigenvalue weighted by molar-refractivity contribution is 7.99. The summed E-state index contributed by atoms with van der Waals surface area (Å²) in [6, 6.07) is 22.4. The normalized spacial score (nSPS) is 11.2. The van der Waals surface area contributed by atoms with Crippen LogP contribution in [0.1, 0.15) is 18.9 Å². The molecule has 0 unspecified atom stereocenters. The SMILES string of the molecule is CCCn1c(=O)c2ccccc2n2c(SCC(=O)Nc3ccccc3Oc3ccc(C)cc3)nnc12. The number of aromatic nitrogens is 4. The van der Waals surface area contributed by atoms with Gasteiger partial charge in [-0.15, -0.1) is 10.2 Å². The van der Waals surface area contributed by atoms with E-state index in [1.54, 1.807) is 16.7 Å². The number of para-hydroxylation sites is 3. The van der Waals surface area contributed by atoms with E-state index in [0.29, 0.717) is 40.1 Å². The predicted molar refractivity (Wildman–Crippen MR) is 142 cm³/mol. The first-order valence-corrected chi connectivity index (χ1v) is 12.7. The molecule has 1 N–H and O–H groups in total. The molecular weight excluding hydrogens is 474 g/mol. The number of ether oxygens (including phenoxy) is 1. The molecule has 5 aromatic rings. The van der Waals surface area contributed by atoms with Crippen LogP contribution in [0.2, 0.25) is 0 Å². The lowest BCUT2D eigenvalue weighted by Crippen LogP contribution is -2.23. The van der Waals surface area contributed by atoms with Crippen LogP contribution >= 0.6 is 11.8 Å². The average molecular weight is 500 g/mol. The molecule has 0 aliphatic heterocycles. The number of thioether (sulfide) groups is 1. The Hall–Kier alpha value is -4.11. The van der Waals surface area contributed by atoms with Crippen LogP contribution in [0.5, 0.6) is 11.5 Å². The number of anilines is 1. The number of nitrogens with one attached hydrogen (secondary N) is 1. The minimum absolute atomic E-state index is 0.0909. The smallest absolute Gasteiger partial charge is 0.262 e. The maximum atomic E-state index is 13.0. The highest BCUT2D eigenvalue weighted by atomic mass is 32.2. The third-order valence-electron chi connectivity index (χ3n) is 5.67. The van der Waals surface area contributed by atoms with Crippen molar-refractivity contribution in [3.05, 3.63) is 88.7 Å². The number of amides is 1. The van der Waals surface area contributed by atoms with Crippen LogP contribution in [0.25, 0.3) is 16.7 Å². The molecule has 2 heterocycles. The average Bonchev–Trinajstić information content (AvgIpc) is 3.32. The van der Waals surface area contributed by atoms with Gasteiger partial charge in [0.05, 0.1) is 22.3 Å². The predicted octanol–water partition coefficient (Wildman–Crippen LogP) is 5.29. The molecule has 9 heteroatoms. The van der Waals surface area contributed by atoms with Crippen LogP contribution in [0.15, 0.2) is 82.7 Å². The summed E-state index contributed by atoms with van der Waals surface area (Å²) in [6.45, 7) is 4.56. The molecule has 0 atom stereocenters. The number of hydrogen-bond acceptors (Lipinski definition) is 6. The van der Waals surface area contributed by atoms with Crippen molar-refractivity contribution in [2.75, 3.05) is 11.1 Å². The van der Waals surface area contributed by atoms with Gasteiger partial charge in [-0.1, -0.05) is 60.6 Å². The molecule has 0 saturated heterocycles. The Balaban J connectivity index is 1.37. The van der Waals surface area contributed by atoms with Crippen molar-refractivity contribution < 1.29 is 9.53 Å². The zero-order chi connectivity index (χ0) is 25.1. The number of fused-ring (bicyclic) bond motifs is 3. The summed E-state index contributed by atoms with van der Waals surface area (Å²) in [7, 11) is 0. The van der Waals surface area contributed by atoms with Gasteiger partial charge in [0.15, 0.2) is 10.9 Å². The number of nitrogens with zero attached hydrogens (tertiary/aromatic N) is 4. The van der Waals surface area contributed by atoms with E-state index in [-0.39, 0.29) is 17.2 Å². The molecule has 2 aromatic heterocycles. The van der Waals surface area contributed by atoms with Crippen molar-refractivity contribution in [1.29, 1.82) is 0 Å². The molecule has 0 aliphatic rings. The molecule has 8 nitrogen and oxygen atoms in total. The monoisotopic (exact) mass is 499 g/mol. The van der Waals surface area contributed by atoms with Crippen LogP contribution in [0.4, 0.5) is 5.69 Å². The number of benzene rings is 3. The topological polar surface area (TPSA) is 90.5 Å². The number of rotatable bonds is 8. The largest absolute Gasteiger partial charge is 0.455 e. The summed E-state index contributed by atoms with van der Waals surface area (Å²) in [5, 5.41) is 12.7. The van der Waals surface area contributed by atoms with Gasteiger partial charge in [0, 0.05) is 6.54 Å². The second-order valence-corrected chi connectivity index (χ2v) is 9.28. The quantitative estimate of drug-likeness (QED) is 0.292. The molecule has 0 aliphatic carbocycles. The van der Waals surface area contributed by atoms with Gasteiger partial charge in [-0.05, 0) is 49.7 Å². The van der Waals surface area contributed by atoms with Crippen LogP contribution in [-0.4, -0.2) is 30.8 Å². The summed E-state index contributed by atoms with van der Waals surface area (Å²) in [6.07, 6.45) is 0.787. The standard InChI is InChI=1S/C27H25N5O3S/c1-3-16-31-25(34)20-8-4-6-10-22(20)32-26(31)29-30-27(32)36-17-24(33)28-21-9-5-7-11-23(21)35-19-14-12-18(2)13-15-19/h4-15H,3,16-17H2,1-2H3,(H,28,33). The van der Waals surface area contributed by atoms with Gasteiger partial charge in [0.25, 0.3) is 5.56 Å². The Morgan fingerprint density at radius 2 is 1.75 bits per heavy atom. The highest BCUT2D eigenvalue weighted by Crippen LogP contribution is 2.30. The van der Waals surface area contributed by atoms with Gasteiger partial charge in [-0.2, -0.15) is 0 Å². The fourth-order valence-electron chi connectivity index (χ4n) is 3.96. The molecule has 0 fully saturated rings. The number of carbonyl (C=O) groups excluding carboxylic acids is 1. The Morgan fingerprint density at radius 1 is 1.00 bits per heavy atom. The van der Waals surface area contributed by atoms with Gasteiger partial charge < -0.3 is 10.1 Å². The molecule has 5 rings (SSSR count). The Kier molecular flexibility index (Phi) is 6.73. The Morgan fingerprint density at radius 3 is 2.56 bits per heavy atom. The second-order valence-electron chi connectivity index (χ2n) is 8.34. The van der Waals surface area contributed by atoms with Crippen LogP contribution < -0.4 is 15.6 Å². The summed E-state index contributed by atoms with van der Waals surface area (Å²) in [5.74, 6) is 1.63. The van der Waals surface area contributed by atoms with Gasteiger partial charge in [-0.3, -0.25) is 18.6 Å². The van der Waals surface area contributed by atoms with Crippen molar-refractivity contribution in [1.82, 2.24) is 19.2 Å². The van der Waals surface area contributed by atoms with Crippen LogP contribution in [0, 0.1) is 6.92 Å². The molecule has 0 spiro atoms. The molecule has 36 heavy (non-hydrogen) atoms. The fraction of sp³-hybridized carbons (Fsp3) is 0.185. The Bertz CT molecular complexity index is 1610. The lowest BCUT2D eigenvalue weighted by atomic mass is 10.2. The maximum absolute atomic E-state index is 13.0. The lowest BCUT2D eigenvalue weighted by molar-refractivity contribution is -0.113. The number of carbonyl (C=O) groups is 1. The summed E-state index contributed by atoms with van der Waals surface area (Å²) in [4.78, 5) is 25.9. The molecule has 0 bridgehead atoms. The molecule has 0 radical (unpaired) electrons. The van der Waals surface area contributed by atoms with E-state index in [2.05, 4.69) is 15.5 Å². The van der Waals surface area contributed by atoms with Crippen LogP contribution in [0.3, 0.4) is 0 Å². The molecular formula is C27H25N5O3S. The number of hydrogen-bond donors (Lipinski definition) is 1. The van der Waals surface area contributed by atoms with Crippen molar-refractivity contribution in [2.45, 2.75) is 32.0 Å². The zero-order valence-electron chi connectivity index (χ0n) is 20.0. The summed E-state index contributed by atoms with van der Waals surface area (Å²) >= 11 is 1.26. The van der Waals surface area contributed by atoms with Crippen molar-refractivity contribution in [3.8, 4) is 11.5 Å². The molecule has 0 saturated carbocycles. The van der Waals surface area contributed by atoms with E-state index in [1.165, 1.54) is 11.8 Å². The second kappa shape index (κ2) is 10.2. The summed E-state index contributed by atoms with van der Waals surface area (Å²) < 4.78 is 9.47.